The number of amides is 1. The molecule has 0 aliphatic carbocycles. The van der Waals surface area contributed by atoms with Gasteiger partial charge in [-0.05, 0) is 37.2 Å². The highest BCUT2D eigenvalue weighted by atomic mass is 32.2. The van der Waals surface area contributed by atoms with Gasteiger partial charge in [-0.2, -0.15) is 0 Å². The summed E-state index contributed by atoms with van der Waals surface area (Å²) in [6, 6.07) is 3.66. The van der Waals surface area contributed by atoms with E-state index in [1.165, 1.54) is 0 Å². The van der Waals surface area contributed by atoms with Crippen LogP contribution in [0.15, 0.2) is 29.2 Å². The molecule has 0 aromatic heterocycles. The van der Waals surface area contributed by atoms with Crippen molar-refractivity contribution in [2.75, 3.05) is 26.2 Å². The van der Waals surface area contributed by atoms with E-state index in [2.05, 4.69) is 20.1 Å². The third kappa shape index (κ3) is 8.70. The monoisotopic (exact) mass is 383 g/mol. The quantitative estimate of drug-likeness (QED) is 0.524. The van der Waals surface area contributed by atoms with Crippen molar-refractivity contribution in [2.45, 2.75) is 24.6 Å². The number of carbonyl (C=O) groups is 1. The molecule has 0 atom stereocenters. The highest BCUT2D eigenvalue weighted by Gasteiger charge is 2.31. The lowest BCUT2D eigenvalue weighted by Gasteiger charge is -2.10. The van der Waals surface area contributed by atoms with Gasteiger partial charge in [-0.1, -0.05) is 6.92 Å². The summed E-state index contributed by atoms with van der Waals surface area (Å²) in [6.45, 7) is 3.26. The molecule has 0 fully saturated rings. The summed E-state index contributed by atoms with van der Waals surface area (Å²) in [4.78, 5) is 11.3. The standard InChI is InChI=1S/C14H20F3N3O4S/c1-2-7-18-8-9-19-13(21)10-20-25(22,23)12-5-3-11(4-6-12)24-14(15,16)17/h3-6,18,20H,2,7-10H2,1H3,(H,19,21). The molecular formula is C14H20F3N3O4S. The van der Waals surface area contributed by atoms with Crippen LogP contribution in [0.3, 0.4) is 0 Å². The second-order valence-corrected chi connectivity index (χ2v) is 6.71. The molecule has 142 valence electrons. The molecule has 0 saturated carbocycles. The number of benzene rings is 1. The van der Waals surface area contributed by atoms with Crippen LogP contribution in [0.2, 0.25) is 0 Å². The molecule has 1 amide bonds. The number of carbonyl (C=O) groups excluding carboxylic acids is 1. The largest absolute Gasteiger partial charge is 0.573 e. The van der Waals surface area contributed by atoms with Gasteiger partial charge in [0.1, 0.15) is 5.75 Å². The van der Waals surface area contributed by atoms with Gasteiger partial charge in [0.25, 0.3) is 0 Å². The molecule has 1 aromatic rings. The van der Waals surface area contributed by atoms with Crippen molar-refractivity contribution in [1.82, 2.24) is 15.4 Å². The number of hydrogen-bond donors (Lipinski definition) is 3. The molecule has 1 rings (SSSR count). The van der Waals surface area contributed by atoms with Crippen LogP contribution >= 0.6 is 0 Å². The number of nitrogens with one attached hydrogen (secondary N) is 3. The van der Waals surface area contributed by atoms with Crippen LogP contribution in [0.4, 0.5) is 13.2 Å². The van der Waals surface area contributed by atoms with Gasteiger partial charge in [0.2, 0.25) is 15.9 Å². The van der Waals surface area contributed by atoms with E-state index in [1.807, 2.05) is 6.92 Å². The van der Waals surface area contributed by atoms with Crippen molar-refractivity contribution in [1.29, 1.82) is 0 Å². The average Bonchev–Trinajstić information content (AvgIpc) is 2.52. The molecule has 0 unspecified atom stereocenters. The number of alkyl halides is 3. The molecule has 1 aromatic carbocycles. The first-order chi connectivity index (χ1) is 11.6. The van der Waals surface area contributed by atoms with Crippen molar-refractivity contribution in [3.05, 3.63) is 24.3 Å². The Labute approximate surface area is 144 Å². The first kappa shape index (κ1) is 21.2. The fourth-order valence-electron chi connectivity index (χ4n) is 1.72. The van der Waals surface area contributed by atoms with Crippen molar-refractivity contribution < 1.29 is 31.1 Å². The highest BCUT2D eigenvalue weighted by Crippen LogP contribution is 2.23. The Morgan fingerprint density at radius 2 is 1.76 bits per heavy atom. The lowest BCUT2D eigenvalue weighted by atomic mass is 10.3. The van der Waals surface area contributed by atoms with Crippen LogP contribution in [-0.2, 0) is 14.8 Å². The van der Waals surface area contributed by atoms with Crippen LogP contribution in [0.25, 0.3) is 0 Å². The van der Waals surface area contributed by atoms with Gasteiger partial charge in [-0.3, -0.25) is 4.79 Å². The summed E-state index contributed by atoms with van der Waals surface area (Å²) in [5.74, 6) is -1.05. The first-order valence-electron chi connectivity index (χ1n) is 7.47. The van der Waals surface area contributed by atoms with E-state index < -0.39 is 34.6 Å². The van der Waals surface area contributed by atoms with E-state index in [0.29, 0.717) is 13.1 Å². The van der Waals surface area contributed by atoms with Gasteiger partial charge in [0, 0.05) is 13.1 Å². The Morgan fingerprint density at radius 1 is 1.12 bits per heavy atom. The van der Waals surface area contributed by atoms with Gasteiger partial charge in [-0.25, -0.2) is 13.1 Å². The SMILES string of the molecule is CCCNCCNC(=O)CNS(=O)(=O)c1ccc(OC(F)(F)F)cc1. The Kier molecular flexibility index (Phi) is 8.13. The molecule has 0 heterocycles. The molecule has 25 heavy (non-hydrogen) atoms. The number of ether oxygens (including phenoxy) is 1. The van der Waals surface area contributed by atoms with E-state index >= 15 is 0 Å². The Hall–Kier alpha value is -1.85. The molecule has 0 aliphatic heterocycles. The zero-order valence-electron chi connectivity index (χ0n) is 13.5. The summed E-state index contributed by atoms with van der Waals surface area (Å²) < 4.78 is 65.9. The second kappa shape index (κ2) is 9.59. The maximum atomic E-state index is 12.1. The molecule has 0 radical (unpaired) electrons. The minimum atomic E-state index is -4.86. The van der Waals surface area contributed by atoms with E-state index in [-0.39, 0.29) is 4.90 Å². The average molecular weight is 383 g/mol. The summed E-state index contributed by atoms with van der Waals surface area (Å²) in [5, 5.41) is 5.59. The topological polar surface area (TPSA) is 96.5 Å². The number of rotatable bonds is 10. The van der Waals surface area contributed by atoms with Crippen molar-refractivity contribution in [3.8, 4) is 5.75 Å². The van der Waals surface area contributed by atoms with Crippen molar-refractivity contribution in [2.24, 2.45) is 0 Å². The van der Waals surface area contributed by atoms with Crippen LogP contribution < -0.4 is 20.1 Å². The van der Waals surface area contributed by atoms with Gasteiger partial charge in [-0.15, -0.1) is 13.2 Å². The third-order valence-electron chi connectivity index (χ3n) is 2.84. The van der Waals surface area contributed by atoms with E-state index in [1.54, 1.807) is 0 Å². The maximum Gasteiger partial charge on any atom is 0.573 e. The number of hydrogen-bond acceptors (Lipinski definition) is 5. The molecule has 0 bridgehead atoms. The minimum absolute atomic E-state index is 0.278. The summed E-state index contributed by atoms with van der Waals surface area (Å²) in [7, 11) is -4.02. The fourth-order valence-corrected chi connectivity index (χ4v) is 2.70. The predicted molar refractivity (Wildman–Crippen MR) is 84.5 cm³/mol. The fraction of sp³-hybridized carbons (Fsp3) is 0.500. The van der Waals surface area contributed by atoms with Crippen LogP contribution in [-0.4, -0.2) is 46.9 Å². The van der Waals surface area contributed by atoms with E-state index in [9.17, 15) is 26.4 Å². The number of sulfonamides is 1. The van der Waals surface area contributed by atoms with Crippen LogP contribution in [0.1, 0.15) is 13.3 Å². The zero-order valence-corrected chi connectivity index (χ0v) is 14.3. The Balaban J connectivity index is 2.48. The van der Waals surface area contributed by atoms with E-state index in [4.69, 9.17) is 0 Å². The lowest BCUT2D eigenvalue weighted by Crippen LogP contribution is -2.39. The second-order valence-electron chi connectivity index (χ2n) is 4.94. The van der Waals surface area contributed by atoms with E-state index in [0.717, 1.165) is 37.2 Å². The van der Waals surface area contributed by atoms with Gasteiger partial charge >= 0.3 is 6.36 Å². The zero-order chi connectivity index (χ0) is 18.9. The lowest BCUT2D eigenvalue weighted by molar-refractivity contribution is -0.274. The van der Waals surface area contributed by atoms with Crippen LogP contribution in [0, 0.1) is 0 Å². The maximum absolute atomic E-state index is 12.1. The third-order valence-corrected chi connectivity index (χ3v) is 4.26. The van der Waals surface area contributed by atoms with Gasteiger partial charge in [0.05, 0.1) is 11.4 Å². The molecule has 11 heteroatoms. The highest BCUT2D eigenvalue weighted by molar-refractivity contribution is 7.89. The van der Waals surface area contributed by atoms with Crippen LogP contribution in [0.5, 0.6) is 5.75 Å². The van der Waals surface area contributed by atoms with Gasteiger partial charge in [0.15, 0.2) is 0 Å². The van der Waals surface area contributed by atoms with Gasteiger partial charge < -0.3 is 15.4 Å². The molecule has 3 N–H and O–H groups in total. The minimum Gasteiger partial charge on any atom is -0.406 e. The summed E-state index contributed by atoms with van der Waals surface area (Å²) >= 11 is 0. The predicted octanol–water partition coefficient (Wildman–Crippen LogP) is 0.979. The van der Waals surface area contributed by atoms with Crippen molar-refractivity contribution in [3.63, 3.8) is 0 Å². The molecule has 7 nitrogen and oxygen atoms in total. The number of halogens is 3. The Morgan fingerprint density at radius 3 is 2.32 bits per heavy atom. The molecule has 0 spiro atoms. The smallest absolute Gasteiger partial charge is 0.406 e. The normalized spacial score (nSPS) is 12.0. The summed E-state index contributed by atoms with van der Waals surface area (Å²) in [5.41, 5.74) is 0. The molecule has 0 saturated heterocycles. The van der Waals surface area contributed by atoms with Crippen molar-refractivity contribution >= 4 is 15.9 Å². The first-order valence-corrected chi connectivity index (χ1v) is 8.95. The molecule has 0 aliphatic rings. The molecular weight excluding hydrogens is 363 g/mol. The Bertz CT molecular complexity index is 648. The summed E-state index contributed by atoms with van der Waals surface area (Å²) in [6.07, 6.45) is -3.90.